The Hall–Kier alpha value is -3.83. The van der Waals surface area contributed by atoms with E-state index in [1.54, 1.807) is 26.8 Å². The van der Waals surface area contributed by atoms with Gasteiger partial charge in [-0.3, -0.25) is 9.59 Å². The fourth-order valence-electron chi connectivity index (χ4n) is 6.61. The lowest BCUT2D eigenvalue weighted by Crippen LogP contribution is -2.61. The molecule has 9 nitrogen and oxygen atoms in total. The highest BCUT2D eigenvalue weighted by atomic mass is 19.4. The predicted octanol–water partition coefficient (Wildman–Crippen LogP) is 3.12. The number of carbonyl (C=O) groups excluding carboxylic acids is 2. The van der Waals surface area contributed by atoms with Crippen molar-refractivity contribution in [3.63, 3.8) is 0 Å². The van der Waals surface area contributed by atoms with Gasteiger partial charge in [-0.25, -0.2) is 23.5 Å². The highest BCUT2D eigenvalue weighted by Gasteiger charge is 2.67. The summed E-state index contributed by atoms with van der Waals surface area (Å²) < 4.78 is 46.7. The number of benzene rings is 1. The van der Waals surface area contributed by atoms with Crippen molar-refractivity contribution in [2.24, 2.45) is 17.9 Å². The van der Waals surface area contributed by atoms with Crippen molar-refractivity contribution < 1.29 is 32.6 Å². The number of ether oxygens (including phenoxy) is 1. The summed E-state index contributed by atoms with van der Waals surface area (Å²) in [6.07, 6.45) is -3.37. The molecule has 0 saturated heterocycles. The number of nitrogens with zero attached hydrogens (tertiary/aromatic N) is 3. The Morgan fingerprint density at radius 3 is 2.29 bits per heavy atom. The van der Waals surface area contributed by atoms with E-state index in [0.29, 0.717) is 5.57 Å². The molecule has 2 heterocycles. The van der Waals surface area contributed by atoms with Crippen LogP contribution in [0.2, 0.25) is 0 Å². The number of rotatable bonds is 2. The number of phenolic OH excluding ortho intramolecular Hbond substituents is 1. The van der Waals surface area contributed by atoms with Crippen molar-refractivity contribution in [2.45, 2.75) is 59.0 Å². The van der Waals surface area contributed by atoms with Crippen molar-refractivity contribution in [1.29, 1.82) is 0 Å². The van der Waals surface area contributed by atoms with E-state index in [9.17, 15) is 37.5 Å². The second kappa shape index (κ2) is 7.84. The molecular weight excluding hydrogens is 507 g/mol. The first-order chi connectivity index (χ1) is 17.5. The average molecular weight is 534 g/mol. The molecule has 202 valence electrons. The lowest BCUT2D eigenvalue weighted by Gasteiger charge is -2.58. The Morgan fingerprint density at radius 2 is 1.66 bits per heavy atom. The lowest BCUT2D eigenvalue weighted by molar-refractivity contribution is -0.274. The highest BCUT2D eigenvalue weighted by molar-refractivity contribution is 6.17. The maximum absolute atomic E-state index is 14.0. The van der Waals surface area contributed by atoms with Gasteiger partial charge in [0.2, 0.25) is 0 Å². The molecule has 2 aromatic rings. The summed E-state index contributed by atoms with van der Waals surface area (Å²) in [5.41, 5.74) is -3.28. The number of alkyl halides is 3. The zero-order valence-corrected chi connectivity index (χ0v) is 21.3. The van der Waals surface area contributed by atoms with Gasteiger partial charge in [0.05, 0.1) is 18.0 Å². The number of Topliss-reactive ketones (excluding diaryl/α,β-unsaturated/α-hetero) is 2. The van der Waals surface area contributed by atoms with Gasteiger partial charge in [-0.1, -0.05) is 19.9 Å². The maximum atomic E-state index is 14.0. The second-order valence-electron chi connectivity index (χ2n) is 10.6. The standard InChI is InChI=1S/C26H26F3N3O6/c1-12-13(2)21(35)25(4)19(16-10-14(6-7-18(16)33)38-26(27,28)29)15-8-9-31-22(36)30(5)23(37)32(31)17(15)11-24(25,3)20(12)34/h6-8,10,17,19,33H,9,11H2,1-5H3/t17-,19-,24+,25-/m1/s1. The molecule has 5 rings (SSSR count). The highest BCUT2D eigenvalue weighted by Crippen LogP contribution is 2.66. The fourth-order valence-corrected chi connectivity index (χ4v) is 6.61. The van der Waals surface area contributed by atoms with E-state index in [2.05, 4.69) is 4.74 Å². The quantitative estimate of drug-likeness (QED) is 0.594. The van der Waals surface area contributed by atoms with Gasteiger partial charge in [-0.05, 0) is 55.2 Å². The number of hydrogen-bond donors (Lipinski definition) is 1. The Balaban J connectivity index is 1.84. The van der Waals surface area contributed by atoms with Crippen LogP contribution in [0.5, 0.6) is 11.5 Å². The minimum atomic E-state index is -5.01. The molecule has 0 spiro atoms. The number of fused-ring (bicyclic) bond motifs is 4. The van der Waals surface area contributed by atoms with E-state index >= 15 is 0 Å². The Kier molecular flexibility index (Phi) is 5.32. The molecule has 4 atom stereocenters. The van der Waals surface area contributed by atoms with Gasteiger partial charge in [0.25, 0.3) is 0 Å². The van der Waals surface area contributed by atoms with Crippen LogP contribution in [-0.4, -0.2) is 37.0 Å². The molecule has 3 aliphatic rings. The van der Waals surface area contributed by atoms with Gasteiger partial charge in [0.15, 0.2) is 11.6 Å². The second-order valence-corrected chi connectivity index (χ2v) is 10.6. The van der Waals surface area contributed by atoms with Crippen molar-refractivity contribution in [3.05, 3.63) is 67.5 Å². The van der Waals surface area contributed by atoms with Gasteiger partial charge < -0.3 is 9.84 Å². The van der Waals surface area contributed by atoms with Crippen LogP contribution in [0.3, 0.4) is 0 Å². The van der Waals surface area contributed by atoms with E-state index in [4.69, 9.17) is 0 Å². The van der Waals surface area contributed by atoms with Crippen LogP contribution < -0.4 is 16.1 Å². The first-order valence-electron chi connectivity index (χ1n) is 12.0. The zero-order chi connectivity index (χ0) is 28.1. The van der Waals surface area contributed by atoms with Crippen LogP contribution in [-0.2, 0) is 23.2 Å². The van der Waals surface area contributed by atoms with Gasteiger partial charge in [0, 0.05) is 23.9 Å². The largest absolute Gasteiger partial charge is 0.573 e. The van der Waals surface area contributed by atoms with Gasteiger partial charge in [-0.15, -0.1) is 13.2 Å². The minimum absolute atomic E-state index is 0.0100. The molecule has 38 heavy (non-hydrogen) atoms. The van der Waals surface area contributed by atoms with Crippen molar-refractivity contribution in [3.8, 4) is 11.5 Å². The first-order valence-corrected chi connectivity index (χ1v) is 12.0. The Morgan fingerprint density at radius 1 is 1.03 bits per heavy atom. The molecule has 1 N–H and O–H groups in total. The Bertz CT molecular complexity index is 1610. The summed E-state index contributed by atoms with van der Waals surface area (Å²) in [5, 5.41) is 10.9. The van der Waals surface area contributed by atoms with Crippen molar-refractivity contribution in [2.75, 3.05) is 0 Å². The van der Waals surface area contributed by atoms with Crippen molar-refractivity contribution >= 4 is 11.6 Å². The molecule has 0 radical (unpaired) electrons. The molecule has 2 aliphatic carbocycles. The van der Waals surface area contributed by atoms with Crippen LogP contribution in [0.4, 0.5) is 13.2 Å². The maximum Gasteiger partial charge on any atom is 0.573 e. The molecule has 1 aromatic heterocycles. The molecule has 0 amide bonds. The van der Waals surface area contributed by atoms with Crippen LogP contribution >= 0.6 is 0 Å². The van der Waals surface area contributed by atoms with E-state index in [1.807, 2.05) is 0 Å². The SMILES string of the molecule is CC1=C(C)C(=O)[C@@]2(C)[C@@H](c3cc(OC(F)(F)F)ccc3O)C3=CCn4c(=O)n(C)c(=O)n4[C@@H]3C[C@@]2(C)C1=O. The fraction of sp³-hybridized carbons (Fsp3) is 0.462. The van der Waals surface area contributed by atoms with E-state index in [-0.39, 0.29) is 41.2 Å². The monoisotopic (exact) mass is 533 g/mol. The summed E-state index contributed by atoms with van der Waals surface area (Å²) >= 11 is 0. The number of carbonyl (C=O) groups is 2. The number of halogens is 3. The van der Waals surface area contributed by atoms with Crippen LogP contribution in [0.15, 0.2) is 50.6 Å². The Labute approximate surface area is 214 Å². The topological polar surface area (TPSA) is 113 Å². The predicted molar refractivity (Wildman–Crippen MR) is 128 cm³/mol. The summed E-state index contributed by atoms with van der Waals surface area (Å²) in [4.78, 5) is 53.8. The zero-order valence-electron chi connectivity index (χ0n) is 21.3. The third-order valence-corrected chi connectivity index (χ3v) is 8.85. The summed E-state index contributed by atoms with van der Waals surface area (Å²) in [5.74, 6) is -2.85. The minimum Gasteiger partial charge on any atom is -0.508 e. The number of ketones is 2. The molecule has 0 bridgehead atoms. The molecule has 12 heteroatoms. The summed E-state index contributed by atoms with van der Waals surface area (Å²) in [6.45, 7) is 6.21. The normalized spacial score (nSPS) is 29.0. The van der Waals surface area contributed by atoms with E-state index in [1.165, 1.54) is 23.3 Å². The number of phenols is 1. The third-order valence-electron chi connectivity index (χ3n) is 8.85. The number of hydrogen-bond acceptors (Lipinski definition) is 6. The smallest absolute Gasteiger partial charge is 0.508 e. The van der Waals surface area contributed by atoms with Gasteiger partial charge >= 0.3 is 17.7 Å². The molecule has 1 saturated carbocycles. The summed E-state index contributed by atoms with van der Waals surface area (Å²) in [7, 11) is 1.32. The first kappa shape index (κ1) is 25.8. The van der Waals surface area contributed by atoms with Crippen molar-refractivity contribution in [1.82, 2.24) is 13.9 Å². The average Bonchev–Trinajstić information content (AvgIpc) is 3.06. The lowest BCUT2D eigenvalue weighted by atomic mass is 9.43. The summed E-state index contributed by atoms with van der Waals surface area (Å²) in [6, 6.07) is 2.13. The molecule has 1 aromatic carbocycles. The number of aromatic nitrogens is 3. The molecule has 0 unspecified atom stereocenters. The van der Waals surface area contributed by atoms with Crippen LogP contribution in [0.25, 0.3) is 0 Å². The van der Waals surface area contributed by atoms with Crippen LogP contribution in [0, 0.1) is 10.8 Å². The molecular formula is C26H26F3N3O6. The van der Waals surface area contributed by atoms with Crippen LogP contribution in [0.1, 0.15) is 51.6 Å². The van der Waals surface area contributed by atoms with Gasteiger partial charge in [-0.2, -0.15) is 0 Å². The molecule has 1 aliphatic heterocycles. The number of allylic oxidation sites excluding steroid dienone is 4. The number of aromatic hydroxyl groups is 1. The van der Waals surface area contributed by atoms with Gasteiger partial charge in [0.1, 0.15) is 11.5 Å². The third kappa shape index (κ3) is 3.18. The van der Waals surface area contributed by atoms with E-state index in [0.717, 1.165) is 22.8 Å². The van der Waals surface area contributed by atoms with E-state index < -0.39 is 52.0 Å². The molecule has 1 fully saturated rings.